The number of hydrogen-bond donors (Lipinski definition) is 1. The number of phenols is 1. The summed E-state index contributed by atoms with van der Waals surface area (Å²) in [6, 6.07) is 3.98. The van der Waals surface area contributed by atoms with Crippen LogP contribution in [0.25, 0.3) is 0 Å². The average Bonchev–Trinajstić information content (AvgIpc) is 3.01. The molecule has 0 saturated heterocycles. The van der Waals surface area contributed by atoms with Gasteiger partial charge in [0.25, 0.3) is 0 Å². The lowest BCUT2D eigenvalue weighted by atomic mass is 9.79. The highest BCUT2D eigenvalue weighted by Gasteiger charge is 2.25. The van der Waals surface area contributed by atoms with Crippen molar-refractivity contribution in [2.24, 2.45) is 0 Å². The molecule has 0 heterocycles. The Hall–Kier alpha value is -0.690. The number of rotatable bonds is 3. The van der Waals surface area contributed by atoms with Gasteiger partial charge < -0.3 is 5.11 Å². The molecule has 3 rings (SSSR count). The zero-order valence-corrected chi connectivity index (χ0v) is 13.0. The van der Waals surface area contributed by atoms with E-state index in [1.807, 2.05) is 12.1 Å². The van der Waals surface area contributed by atoms with Gasteiger partial charge in [-0.1, -0.05) is 32.1 Å². The molecule has 0 spiro atoms. The summed E-state index contributed by atoms with van der Waals surface area (Å²) in [4.78, 5) is 0. The van der Waals surface area contributed by atoms with Crippen molar-refractivity contribution >= 4 is 11.6 Å². The lowest BCUT2D eigenvalue weighted by Crippen LogP contribution is -2.10. The lowest BCUT2D eigenvalue weighted by Gasteiger charge is -2.27. The number of halogens is 1. The van der Waals surface area contributed by atoms with Crippen molar-refractivity contribution < 1.29 is 5.11 Å². The van der Waals surface area contributed by atoms with Gasteiger partial charge in [-0.2, -0.15) is 0 Å². The number of benzene rings is 1. The predicted molar refractivity (Wildman–Crippen MR) is 84.7 cm³/mol. The first kappa shape index (κ1) is 14.3. The van der Waals surface area contributed by atoms with Crippen LogP contribution in [-0.4, -0.2) is 5.11 Å². The molecular weight excluding hydrogens is 268 g/mol. The second kappa shape index (κ2) is 6.39. The second-order valence-corrected chi connectivity index (χ2v) is 6.82. The van der Waals surface area contributed by atoms with Crippen LogP contribution in [0.1, 0.15) is 86.3 Å². The Bertz CT molecular complexity index is 457. The van der Waals surface area contributed by atoms with Crippen molar-refractivity contribution in [3.8, 4) is 5.75 Å². The van der Waals surface area contributed by atoms with Crippen LogP contribution in [0, 0.1) is 0 Å². The molecule has 0 amide bonds. The van der Waals surface area contributed by atoms with Crippen molar-refractivity contribution in [3.05, 3.63) is 28.8 Å². The Balaban J connectivity index is 1.99. The first-order valence-electron chi connectivity index (χ1n) is 8.21. The monoisotopic (exact) mass is 292 g/mol. The maximum atomic E-state index is 10.2. The molecule has 1 aromatic rings. The Labute approximate surface area is 127 Å². The Morgan fingerprint density at radius 2 is 1.30 bits per heavy atom. The van der Waals surface area contributed by atoms with Crippen molar-refractivity contribution in [1.29, 1.82) is 0 Å². The molecule has 0 aromatic heterocycles. The highest BCUT2D eigenvalue weighted by Crippen LogP contribution is 2.43. The maximum absolute atomic E-state index is 10.2. The van der Waals surface area contributed by atoms with Crippen LogP contribution in [0.15, 0.2) is 12.1 Å². The van der Waals surface area contributed by atoms with Crippen molar-refractivity contribution in [2.75, 3.05) is 0 Å². The largest absolute Gasteiger partial charge is 0.508 e. The predicted octanol–water partition coefficient (Wildman–Crippen LogP) is 5.84. The van der Waals surface area contributed by atoms with Crippen molar-refractivity contribution in [1.82, 2.24) is 0 Å². The molecule has 2 saturated carbocycles. The van der Waals surface area contributed by atoms with Gasteiger partial charge in [-0.15, -0.1) is 11.6 Å². The van der Waals surface area contributed by atoms with Gasteiger partial charge in [-0.25, -0.2) is 0 Å². The highest BCUT2D eigenvalue weighted by atomic mass is 35.5. The summed E-state index contributed by atoms with van der Waals surface area (Å²) < 4.78 is 0. The van der Waals surface area contributed by atoms with E-state index in [-0.39, 0.29) is 0 Å². The molecule has 2 aliphatic rings. The minimum absolute atomic E-state index is 0.446. The smallest absolute Gasteiger partial charge is 0.116 e. The molecule has 2 heteroatoms. The quantitative estimate of drug-likeness (QED) is 0.694. The van der Waals surface area contributed by atoms with Crippen LogP contribution in [0.4, 0.5) is 0 Å². The van der Waals surface area contributed by atoms with E-state index in [9.17, 15) is 5.11 Å². The summed E-state index contributed by atoms with van der Waals surface area (Å²) in [5.74, 6) is 2.28. The first-order valence-corrected chi connectivity index (χ1v) is 8.74. The summed E-state index contributed by atoms with van der Waals surface area (Å²) in [6.45, 7) is 0. The molecule has 0 bridgehead atoms. The Morgan fingerprint density at radius 3 is 1.75 bits per heavy atom. The van der Waals surface area contributed by atoms with E-state index in [2.05, 4.69) is 0 Å². The fourth-order valence-corrected chi connectivity index (χ4v) is 4.54. The van der Waals surface area contributed by atoms with E-state index in [0.717, 1.165) is 0 Å². The molecule has 20 heavy (non-hydrogen) atoms. The fourth-order valence-electron chi connectivity index (χ4n) is 4.23. The van der Waals surface area contributed by atoms with E-state index < -0.39 is 0 Å². The van der Waals surface area contributed by atoms with Gasteiger partial charge in [0.1, 0.15) is 5.75 Å². The van der Waals surface area contributed by atoms with Crippen LogP contribution >= 0.6 is 11.6 Å². The van der Waals surface area contributed by atoms with E-state index in [1.165, 1.54) is 74.5 Å². The van der Waals surface area contributed by atoms with Crippen LogP contribution in [0.3, 0.4) is 0 Å². The van der Waals surface area contributed by atoms with Crippen molar-refractivity contribution in [2.45, 2.75) is 75.5 Å². The van der Waals surface area contributed by atoms with Gasteiger partial charge in [-0.3, -0.25) is 0 Å². The van der Waals surface area contributed by atoms with E-state index >= 15 is 0 Å². The zero-order chi connectivity index (χ0) is 13.9. The molecule has 1 nitrogen and oxygen atoms in total. The molecule has 0 radical (unpaired) electrons. The van der Waals surface area contributed by atoms with Gasteiger partial charge >= 0.3 is 0 Å². The number of hydrogen-bond acceptors (Lipinski definition) is 1. The highest BCUT2D eigenvalue weighted by molar-refractivity contribution is 6.17. The maximum Gasteiger partial charge on any atom is 0.116 e. The summed E-state index contributed by atoms with van der Waals surface area (Å²) in [5.41, 5.74) is 4.03. The summed E-state index contributed by atoms with van der Waals surface area (Å²) in [7, 11) is 0. The summed E-state index contributed by atoms with van der Waals surface area (Å²) in [6.07, 6.45) is 11.7. The standard InChI is InChI=1S/C18H25ClO/c19-12-18-16(13-6-2-1-3-7-13)10-15(20)11-17(18)14-8-4-5-9-14/h10-11,13-14,20H,1-9,12H2. The Kier molecular flexibility index (Phi) is 4.55. The van der Waals surface area contributed by atoms with E-state index in [0.29, 0.717) is 23.5 Å². The minimum atomic E-state index is 0.446. The molecule has 0 atom stereocenters. The van der Waals surface area contributed by atoms with Crippen LogP contribution in [-0.2, 0) is 5.88 Å². The van der Waals surface area contributed by atoms with Crippen molar-refractivity contribution in [3.63, 3.8) is 0 Å². The van der Waals surface area contributed by atoms with Gasteiger partial charge in [-0.05, 0) is 66.3 Å². The van der Waals surface area contributed by atoms with E-state index in [4.69, 9.17) is 11.6 Å². The average molecular weight is 293 g/mol. The summed E-state index contributed by atoms with van der Waals surface area (Å²) in [5, 5.41) is 10.2. The first-order chi connectivity index (χ1) is 9.79. The topological polar surface area (TPSA) is 20.2 Å². The normalized spacial score (nSPS) is 21.4. The van der Waals surface area contributed by atoms with Gasteiger partial charge in [0, 0.05) is 5.88 Å². The molecule has 1 aromatic carbocycles. The zero-order valence-electron chi connectivity index (χ0n) is 12.2. The minimum Gasteiger partial charge on any atom is -0.508 e. The SMILES string of the molecule is Oc1cc(C2CCCCC2)c(CCl)c(C2CCCC2)c1. The summed E-state index contributed by atoms with van der Waals surface area (Å²) >= 11 is 6.31. The molecule has 0 aliphatic heterocycles. The third-order valence-electron chi connectivity index (χ3n) is 5.28. The van der Waals surface area contributed by atoms with Gasteiger partial charge in [0.2, 0.25) is 0 Å². The van der Waals surface area contributed by atoms with E-state index in [1.54, 1.807) is 0 Å². The van der Waals surface area contributed by atoms with Gasteiger partial charge in [0.15, 0.2) is 0 Å². The third-order valence-corrected chi connectivity index (χ3v) is 5.54. The van der Waals surface area contributed by atoms with Crippen LogP contribution < -0.4 is 0 Å². The molecule has 2 aliphatic carbocycles. The van der Waals surface area contributed by atoms with Gasteiger partial charge in [0.05, 0.1) is 0 Å². The number of phenolic OH excluding ortho intramolecular Hbond substituents is 1. The number of alkyl halides is 1. The molecule has 2 fully saturated rings. The molecular formula is C18H25ClO. The number of aromatic hydroxyl groups is 1. The second-order valence-electron chi connectivity index (χ2n) is 6.55. The molecule has 0 unspecified atom stereocenters. The van der Waals surface area contributed by atoms with Crippen LogP contribution in [0.2, 0.25) is 0 Å². The lowest BCUT2D eigenvalue weighted by molar-refractivity contribution is 0.435. The Morgan fingerprint density at radius 1 is 0.850 bits per heavy atom. The molecule has 1 N–H and O–H groups in total. The van der Waals surface area contributed by atoms with Crippen LogP contribution in [0.5, 0.6) is 5.75 Å². The fraction of sp³-hybridized carbons (Fsp3) is 0.667. The molecule has 110 valence electrons. The third kappa shape index (κ3) is 2.83.